The molecule has 1 atom stereocenters. The smallest absolute Gasteiger partial charge is 0.316 e. The van der Waals surface area contributed by atoms with Crippen LogP contribution in [0.4, 0.5) is 0 Å². The lowest BCUT2D eigenvalue weighted by Gasteiger charge is -2.12. The molecule has 0 spiro atoms. The first-order valence-electron chi connectivity index (χ1n) is 8.48. The monoisotopic (exact) mass is 354 g/mol. The molecule has 0 unspecified atom stereocenters. The van der Waals surface area contributed by atoms with Crippen molar-refractivity contribution in [3.63, 3.8) is 0 Å². The van der Waals surface area contributed by atoms with E-state index in [2.05, 4.69) is 0 Å². The maximum atomic E-state index is 12.4. The van der Waals surface area contributed by atoms with Crippen LogP contribution < -0.4 is 4.74 Å². The molecule has 0 saturated carbocycles. The summed E-state index contributed by atoms with van der Waals surface area (Å²) in [5.74, 6) is -1.74. The Bertz CT molecular complexity index is 750. The summed E-state index contributed by atoms with van der Waals surface area (Å²) in [5.41, 5.74) is 1.47. The van der Waals surface area contributed by atoms with E-state index in [0.29, 0.717) is 17.9 Å². The van der Waals surface area contributed by atoms with Gasteiger partial charge in [-0.05, 0) is 43.7 Å². The Morgan fingerprint density at radius 3 is 2.19 bits per heavy atom. The van der Waals surface area contributed by atoms with Gasteiger partial charge in [0.05, 0.1) is 6.61 Å². The molecule has 26 heavy (non-hydrogen) atoms. The van der Waals surface area contributed by atoms with Gasteiger partial charge in [-0.25, -0.2) is 0 Å². The van der Waals surface area contributed by atoms with Crippen molar-refractivity contribution in [2.24, 2.45) is 5.92 Å². The number of hydrogen-bond acceptors (Lipinski definition) is 5. The molecule has 0 fully saturated rings. The van der Waals surface area contributed by atoms with Crippen LogP contribution in [-0.4, -0.2) is 24.1 Å². The molecule has 2 aromatic rings. The molecule has 5 nitrogen and oxygen atoms in total. The second-order valence-electron chi connectivity index (χ2n) is 5.84. The molecule has 136 valence electrons. The minimum atomic E-state index is -1.06. The van der Waals surface area contributed by atoms with Crippen LogP contribution in [0.3, 0.4) is 0 Å². The van der Waals surface area contributed by atoms with Gasteiger partial charge in [-0.3, -0.25) is 14.4 Å². The number of benzene rings is 2. The highest BCUT2D eigenvalue weighted by Gasteiger charge is 2.27. The van der Waals surface area contributed by atoms with Gasteiger partial charge in [0.2, 0.25) is 0 Å². The van der Waals surface area contributed by atoms with Gasteiger partial charge >= 0.3 is 5.97 Å². The molecule has 0 radical (unpaired) electrons. The molecule has 0 aromatic heterocycles. The van der Waals surface area contributed by atoms with E-state index in [1.54, 1.807) is 31.2 Å². The zero-order chi connectivity index (χ0) is 18.9. The van der Waals surface area contributed by atoms with E-state index < -0.39 is 11.9 Å². The van der Waals surface area contributed by atoms with E-state index in [0.717, 1.165) is 5.56 Å². The standard InChI is InChI=1S/C21H22O5/c1-3-25-21(24)19(15(2)22)13-20(23)17-9-11-18(12-10-17)26-14-16-7-5-4-6-8-16/h4-12,19H,3,13-14H2,1-2H3/t19-/m1/s1. The van der Waals surface area contributed by atoms with E-state index in [1.807, 2.05) is 30.3 Å². The van der Waals surface area contributed by atoms with Crippen LogP contribution in [0.25, 0.3) is 0 Å². The first-order valence-corrected chi connectivity index (χ1v) is 8.48. The van der Waals surface area contributed by atoms with Crippen LogP contribution in [0.2, 0.25) is 0 Å². The van der Waals surface area contributed by atoms with E-state index in [9.17, 15) is 14.4 Å². The second-order valence-corrected chi connectivity index (χ2v) is 5.84. The van der Waals surface area contributed by atoms with Crippen molar-refractivity contribution in [2.45, 2.75) is 26.9 Å². The van der Waals surface area contributed by atoms with Crippen molar-refractivity contribution >= 4 is 17.5 Å². The first kappa shape index (κ1) is 19.4. The van der Waals surface area contributed by atoms with Gasteiger partial charge in [0, 0.05) is 12.0 Å². The summed E-state index contributed by atoms with van der Waals surface area (Å²) in [6, 6.07) is 16.4. The molecule has 0 N–H and O–H groups in total. The zero-order valence-electron chi connectivity index (χ0n) is 14.9. The number of ketones is 2. The van der Waals surface area contributed by atoms with Gasteiger partial charge < -0.3 is 9.47 Å². The maximum Gasteiger partial charge on any atom is 0.316 e. The highest BCUT2D eigenvalue weighted by atomic mass is 16.5. The molecule has 0 aliphatic rings. The fourth-order valence-corrected chi connectivity index (χ4v) is 2.42. The minimum Gasteiger partial charge on any atom is -0.489 e. The Hall–Kier alpha value is -2.95. The predicted molar refractivity (Wildman–Crippen MR) is 97.0 cm³/mol. The Labute approximate surface area is 152 Å². The van der Waals surface area contributed by atoms with Gasteiger partial charge in [0.1, 0.15) is 24.1 Å². The summed E-state index contributed by atoms with van der Waals surface area (Å²) in [6.45, 7) is 3.55. The van der Waals surface area contributed by atoms with Crippen molar-refractivity contribution < 1.29 is 23.9 Å². The maximum absolute atomic E-state index is 12.4. The quantitative estimate of drug-likeness (QED) is 0.391. The van der Waals surface area contributed by atoms with Crippen LogP contribution in [0.5, 0.6) is 5.75 Å². The van der Waals surface area contributed by atoms with Gasteiger partial charge in [0.25, 0.3) is 0 Å². The number of ether oxygens (including phenoxy) is 2. The van der Waals surface area contributed by atoms with Gasteiger partial charge in [-0.2, -0.15) is 0 Å². The number of rotatable bonds is 9. The Kier molecular flexibility index (Phi) is 7.09. The summed E-state index contributed by atoms with van der Waals surface area (Å²) in [5, 5.41) is 0. The molecule has 2 rings (SSSR count). The predicted octanol–water partition coefficient (Wildman–Crippen LogP) is 3.61. The van der Waals surface area contributed by atoms with Crippen molar-refractivity contribution in [3.05, 3.63) is 65.7 Å². The fraction of sp³-hybridized carbons (Fsp3) is 0.286. The van der Waals surface area contributed by atoms with Crippen molar-refractivity contribution in [2.75, 3.05) is 6.61 Å². The molecule has 0 heterocycles. The molecule has 0 aliphatic heterocycles. The Morgan fingerprint density at radius 2 is 1.62 bits per heavy atom. The molecule has 2 aromatic carbocycles. The summed E-state index contributed by atoms with van der Waals surface area (Å²) < 4.78 is 10.5. The largest absolute Gasteiger partial charge is 0.489 e. The van der Waals surface area contributed by atoms with Crippen LogP contribution in [0.1, 0.15) is 36.2 Å². The fourth-order valence-electron chi connectivity index (χ4n) is 2.42. The van der Waals surface area contributed by atoms with Gasteiger partial charge in [-0.15, -0.1) is 0 Å². The summed E-state index contributed by atoms with van der Waals surface area (Å²) >= 11 is 0. The average Bonchev–Trinajstić information content (AvgIpc) is 2.65. The third-order valence-electron chi connectivity index (χ3n) is 3.88. The normalized spacial score (nSPS) is 11.5. The molecule has 0 saturated heterocycles. The molecular formula is C21H22O5. The van der Waals surface area contributed by atoms with Crippen LogP contribution >= 0.6 is 0 Å². The van der Waals surface area contributed by atoms with Gasteiger partial charge in [-0.1, -0.05) is 30.3 Å². The summed E-state index contributed by atoms with van der Waals surface area (Å²) in [7, 11) is 0. The lowest BCUT2D eigenvalue weighted by Crippen LogP contribution is -2.27. The van der Waals surface area contributed by atoms with E-state index in [4.69, 9.17) is 9.47 Å². The van der Waals surface area contributed by atoms with E-state index in [-0.39, 0.29) is 24.6 Å². The topological polar surface area (TPSA) is 69.7 Å². The third-order valence-corrected chi connectivity index (χ3v) is 3.88. The average molecular weight is 354 g/mol. The highest BCUT2D eigenvalue weighted by molar-refractivity contribution is 6.05. The highest BCUT2D eigenvalue weighted by Crippen LogP contribution is 2.18. The SMILES string of the molecule is CCOC(=O)[C@H](CC(=O)c1ccc(OCc2ccccc2)cc1)C(C)=O. The number of carbonyl (C=O) groups is 3. The minimum absolute atomic E-state index is 0.171. The first-order chi connectivity index (χ1) is 12.5. The number of Topliss-reactive ketones (excluding diaryl/α,β-unsaturated/α-hetero) is 2. The molecule has 0 amide bonds. The summed E-state index contributed by atoms with van der Waals surface area (Å²) in [4.78, 5) is 35.8. The Morgan fingerprint density at radius 1 is 0.962 bits per heavy atom. The number of esters is 1. The molecule has 5 heteroatoms. The van der Waals surface area contributed by atoms with Gasteiger partial charge in [0.15, 0.2) is 5.78 Å². The van der Waals surface area contributed by atoms with E-state index >= 15 is 0 Å². The number of carbonyl (C=O) groups excluding carboxylic acids is 3. The molecule has 0 aliphatic carbocycles. The van der Waals surface area contributed by atoms with Crippen LogP contribution in [0.15, 0.2) is 54.6 Å². The lowest BCUT2D eigenvalue weighted by molar-refractivity contribution is -0.151. The molecular weight excluding hydrogens is 332 g/mol. The lowest BCUT2D eigenvalue weighted by atomic mass is 9.95. The Balaban J connectivity index is 1.97. The van der Waals surface area contributed by atoms with E-state index in [1.165, 1.54) is 6.92 Å². The number of hydrogen-bond donors (Lipinski definition) is 0. The van der Waals surface area contributed by atoms with Crippen LogP contribution in [-0.2, 0) is 20.9 Å². The summed E-state index contributed by atoms with van der Waals surface area (Å²) in [6.07, 6.45) is -0.196. The van der Waals surface area contributed by atoms with Crippen molar-refractivity contribution in [1.29, 1.82) is 0 Å². The van der Waals surface area contributed by atoms with Crippen molar-refractivity contribution in [3.8, 4) is 5.75 Å². The third kappa shape index (κ3) is 5.55. The van der Waals surface area contributed by atoms with Crippen LogP contribution in [0, 0.1) is 5.92 Å². The zero-order valence-corrected chi connectivity index (χ0v) is 14.9. The van der Waals surface area contributed by atoms with Crippen molar-refractivity contribution in [1.82, 2.24) is 0 Å². The molecule has 0 bridgehead atoms. The second kappa shape index (κ2) is 9.51.